The molecule has 0 amide bonds. The summed E-state index contributed by atoms with van der Waals surface area (Å²) in [5.74, 6) is 0.880. The lowest BCUT2D eigenvalue weighted by Gasteiger charge is -2.21. The number of hydrogen-bond donors (Lipinski definition) is 1. The molecule has 3 nitrogen and oxygen atoms in total. The second-order valence-corrected chi connectivity index (χ2v) is 6.88. The Hall–Kier alpha value is -0.610. The van der Waals surface area contributed by atoms with Gasteiger partial charge in [0.25, 0.3) is 0 Å². The smallest absolute Gasteiger partial charge is 0.185 e. The Labute approximate surface area is 120 Å². The molecular weight excluding hydrogens is 254 g/mol. The van der Waals surface area contributed by atoms with Crippen molar-refractivity contribution in [1.82, 2.24) is 10.3 Å². The Morgan fingerprint density at radius 2 is 2.26 bits per heavy atom. The molecule has 1 aromatic rings. The third-order valence-corrected chi connectivity index (χ3v) is 5.72. The second kappa shape index (κ2) is 5.80. The van der Waals surface area contributed by atoms with Crippen LogP contribution in [-0.2, 0) is 6.42 Å². The first-order valence-electron chi connectivity index (χ1n) is 7.79. The van der Waals surface area contributed by atoms with Crippen LogP contribution in [0.4, 0.5) is 5.13 Å². The number of nitrogens with one attached hydrogen (secondary N) is 1. The number of thiazole rings is 1. The fourth-order valence-electron chi connectivity index (χ4n) is 3.33. The van der Waals surface area contributed by atoms with Gasteiger partial charge in [-0.3, -0.25) is 0 Å². The van der Waals surface area contributed by atoms with E-state index in [4.69, 9.17) is 4.98 Å². The molecule has 2 aliphatic rings. The lowest BCUT2D eigenvalue weighted by molar-refractivity contribution is 0.465. The third kappa shape index (κ3) is 2.65. The highest BCUT2D eigenvalue weighted by molar-refractivity contribution is 7.15. The Balaban J connectivity index is 1.78. The number of aromatic nitrogens is 1. The van der Waals surface area contributed by atoms with E-state index in [1.807, 2.05) is 11.3 Å². The summed E-state index contributed by atoms with van der Waals surface area (Å²) in [6.45, 7) is 7.96. The van der Waals surface area contributed by atoms with Crippen LogP contribution in [0, 0.1) is 5.92 Å². The van der Waals surface area contributed by atoms with Gasteiger partial charge in [-0.25, -0.2) is 4.98 Å². The zero-order chi connectivity index (χ0) is 13.2. The predicted octanol–water partition coefficient (Wildman–Crippen LogP) is 3.37. The van der Waals surface area contributed by atoms with Gasteiger partial charge < -0.3 is 10.2 Å². The quantitative estimate of drug-likeness (QED) is 0.916. The first kappa shape index (κ1) is 13.4. The van der Waals surface area contributed by atoms with Gasteiger partial charge >= 0.3 is 0 Å². The number of fused-ring (bicyclic) bond motifs is 1. The molecular formula is C15H25N3S. The summed E-state index contributed by atoms with van der Waals surface area (Å²) in [4.78, 5) is 9.03. The number of rotatable bonds is 4. The van der Waals surface area contributed by atoms with Crippen LogP contribution in [0.2, 0.25) is 0 Å². The van der Waals surface area contributed by atoms with E-state index in [0.717, 1.165) is 12.5 Å². The minimum absolute atomic E-state index is 0.503. The largest absolute Gasteiger partial charge is 0.348 e. The van der Waals surface area contributed by atoms with Crippen LogP contribution in [0.1, 0.15) is 56.1 Å². The van der Waals surface area contributed by atoms with Crippen molar-refractivity contribution in [3.8, 4) is 0 Å². The highest BCUT2D eigenvalue weighted by Crippen LogP contribution is 2.38. The first-order chi connectivity index (χ1) is 9.31. The maximum atomic E-state index is 4.98. The number of hydrogen-bond acceptors (Lipinski definition) is 4. The van der Waals surface area contributed by atoms with E-state index in [0.29, 0.717) is 6.04 Å². The molecule has 4 heteroatoms. The van der Waals surface area contributed by atoms with E-state index in [1.54, 1.807) is 0 Å². The Morgan fingerprint density at radius 3 is 3.00 bits per heavy atom. The Morgan fingerprint density at radius 1 is 1.37 bits per heavy atom. The monoisotopic (exact) mass is 279 g/mol. The van der Waals surface area contributed by atoms with Gasteiger partial charge in [0, 0.05) is 18.0 Å². The molecule has 19 heavy (non-hydrogen) atoms. The molecule has 106 valence electrons. The van der Waals surface area contributed by atoms with Gasteiger partial charge in [-0.05, 0) is 38.1 Å². The van der Waals surface area contributed by atoms with Gasteiger partial charge in [0.1, 0.15) is 0 Å². The summed E-state index contributed by atoms with van der Waals surface area (Å²) in [6, 6.07) is 0.503. The van der Waals surface area contributed by atoms with Crippen molar-refractivity contribution < 1.29 is 0 Å². The zero-order valence-electron chi connectivity index (χ0n) is 12.1. The summed E-state index contributed by atoms with van der Waals surface area (Å²) in [7, 11) is 0. The summed E-state index contributed by atoms with van der Waals surface area (Å²) in [5, 5.41) is 4.87. The molecule has 0 spiro atoms. The van der Waals surface area contributed by atoms with E-state index in [9.17, 15) is 0 Å². The molecule has 1 aromatic heterocycles. The van der Waals surface area contributed by atoms with Crippen LogP contribution in [0.25, 0.3) is 0 Å². The van der Waals surface area contributed by atoms with Crippen molar-refractivity contribution in [3.63, 3.8) is 0 Å². The lowest BCUT2D eigenvalue weighted by atomic mass is 9.98. The van der Waals surface area contributed by atoms with E-state index < -0.39 is 0 Å². The molecule has 2 heterocycles. The molecule has 0 bridgehead atoms. The second-order valence-electron chi connectivity index (χ2n) is 5.82. The molecule has 2 atom stereocenters. The fraction of sp³-hybridized carbons (Fsp3) is 0.800. The molecule has 1 fully saturated rings. The zero-order valence-corrected chi connectivity index (χ0v) is 12.9. The van der Waals surface area contributed by atoms with Crippen LogP contribution in [0.5, 0.6) is 0 Å². The molecule has 1 aliphatic carbocycles. The molecule has 0 radical (unpaired) electrons. The van der Waals surface area contributed by atoms with Crippen LogP contribution < -0.4 is 10.2 Å². The van der Waals surface area contributed by atoms with Gasteiger partial charge in [0.2, 0.25) is 0 Å². The summed E-state index contributed by atoms with van der Waals surface area (Å²) in [6.07, 6.45) is 6.45. The van der Waals surface area contributed by atoms with E-state index >= 15 is 0 Å². The van der Waals surface area contributed by atoms with Crippen molar-refractivity contribution in [2.24, 2.45) is 5.92 Å². The van der Waals surface area contributed by atoms with Crippen LogP contribution in [0.15, 0.2) is 0 Å². The average Bonchev–Trinajstić information content (AvgIpc) is 3.05. The van der Waals surface area contributed by atoms with Gasteiger partial charge in [-0.15, -0.1) is 11.3 Å². The topological polar surface area (TPSA) is 28.2 Å². The van der Waals surface area contributed by atoms with E-state index in [2.05, 4.69) is 24.1 Å². The maximum absolute atomic E-state index is 4.98. The van der Waals surface area contributed by atoms with Crippen LogP contribution >= 0.6 is 11.3 Å². The van der Waals surface area contributed by atoms with E-state index in [1.165, 1.54) is 60.9 Å². The van der Waals surface area contributed by atoms with Crippen molar-refractivity contribution >= 4 is 16.5 Å². The molecule has 1 N–H and O–H groups in total. The lowest BCUT2D eigenvalue weighted by Crippen LogP contribution is -2.25. The standard InChI is InChI=1S/C15H25N3S/c1-3-11-8-9-18(10-11)15-17-14-12(16-4-2)6-5-7-13(14)19-15/h11-12,16H,3-10H2,1-2H3. The van der Waals surface area contributed by atoms with Gasteiger partial charge in [-0.1, -0.05) is 20.3 Å². The minimum atomic E-state index is 0.503. The van der Waals surface area contributed by atoms with Gasteiger partial charge in [-0.2, -0.15) is 0 Å². The fourth-order valence-corrected chi connectivity index (χ4v) is 4.52. The molecule has 2 unspecified atom stereocenters. The average molecular weight is 279 g/mol. The summed E-state index contributed by atoms with van der Waals surface area (Å²) >= 11 is 1.95. The van der Waals surface area contributed by atoms with E-state index in [-0.39, 0.29) is 0 Å². The molecule has 3 rings (SSSR count). The SMILES string of the molecule is CCNC1CCCc2sc(N3CCC(CC)C3)nc21. The molecule has 1 saturated heterocycles. The molecule has 0 saturated carbocycles. The highest BCUT2D eigenvalue weighted by atomic mass is 32.1. The Bertz CT molecular complexity index is 429. The maximum Gasteiger partial charge on any atom is 0.185 e. The number of nitrogens with zero attached hydrogens (tertiary/aromatic N) is 2. The normalized spacial score (nSPS) is 26.7. The minimum Gasteiger partial charge on any atom is -0.348 e. The first-order valence-corrected chi connectivity index (χ1v) is 8.61. The van der Waals surface area contributed by atoms with Gasteiger partial charge in [0.05, 0.1) is 11.7 Å². The van der Waals surface area contributed by atoms with Crippen LogP contribution in [-0.4, -0.2) is 24.6 Å². The number of anilines is 1. The number of aryl methyl sites for hydroxylation is 1. The highest BCUT2D eigenvalue weighted by Gasteiger charge is 2.28. The summed E-state index contributed by atoms with van der Waals surface area (Å²) in [5.41, 5.74) is 1.35. The Kier molecular flexibility index (Phi) is 4.08. The van der Waals surface area contributed by atoms with Crippen LogP contribution in [0.3, 0.4) is 0 Å². The van der Waals surface area contributed by atoms with Crippen molar-refractivity contribution in [2.75, 3.05) is 24.5 Å². The van der Waals surface area contributed by atoms with Crippen molar-refractivity contribution in [3.05, 3.63) is 10.6 Å². The van der Waals surface area contributed by atoms with Crippen molar-refractivity contribution in [1.29, 1.82) is 0 Å². The van der Waals surface area contributed by atoms with Gasteiger partial charge in [0.15, 0.2) is 5.13 Å². The van der Waals surface area contributed by atoms with Crippen molar-refractivity contribution in [2.45, 2.75) is 52.0 Å². The molecule has 0 aromatic carbocycles. The molecule has 1 aliphatic heterocycles. The predicted molar refractivity (Wildman–Crippen MR) is 82.1 cm³/mol. The summed E-state index contributed by atoms with van der Waals surface area (Å²) < 4.78 is 0. The third-order valence-electron chi connectivity index (χ3n) is 4.53.